The van der Waals surface area contributed by atoms with E-state index in [-0.39, 0.29) is 6.44 Å². The predicted octanol–water partition coefficient (Wildman–Crippen LogP) is -0.612. The van der Waals surface area contributed by atoms with Crippen LogP contribution in [-0.2, 0) is 0 Å². The van der Waals surface area contributed by atoms with Crippen molar-refractivity contribution in [1.82, 2.24) is 5.32 Å². The Hall–Kier alpha value is -0.0551. The van der Waals surface area contributed by atoms with Gasteiger partial charge in [0.15, 0.2) is 0 Å². The average molecular weight is 131 g/mol. The Kier molecular flexibility index (Phi) is 6.03. The normalized spacial score (nSPS) is 9.67. The van der Waals surface area contributed by atoms with Gasteiger partial charge >= 0.3 is 7.12 Å². The first kappa shape index (κ1) is 8.94. The Morgan fingerprint density at radius 1 is 1.44 bits per heavy atom. The van der Waals surface area contributed by atoms with E-state index >= 15 is 0 Å². The fourth-order valence-electron chi connectivity index (χ4n) is 0.533. The van der Waals surface area contributed by atoms with Crippen molar-refractivity contribution in [3.63, 3.8) is 0 Å². The van der Waals surface area contributed by atoms with Crippen molar-refractivity contribution < 1.29 is 10.0 Å². The van der Waals surface area contributed by atoms with Crippen LogP contribution in [0.4, 0.5) is 0 Å². The smallest absolute Gasteiger partial charge is 0.426 e. The van der Waals surface area contributed by atoms with Gasteiger partial charge in [-0.3, -0.25) is 0 Å². The molecule has 0 spiro atoms. The molecule has 0 aromatic rings. The average Bonchev–Trinajstić information content (AvgIpc) is 1.80. The maximum absolute atomic E-state index is 8.34. The zero-order chi connectivity index (χ0) is 7.11. The molecule has 3 nitrogen and oxygen atoms in total. The second-order valence-electron chi connectivity index (χ2n) is 2.04. The topological polar surface area (TPSA) is 52.5 Å². The minimum atomic E-state index is -1.21. The summed E-state index contributed by atoms with van der Waals surface area (Å²) in [7, 11) is -1.21. The summed E-state index contributed by atoms with van der Waals surface area (Å²) in [6.07, 6.45) is 2.50. The Morgan fingerprint density at radius 3 is 2.56 bits per heavy atom. The van der Waals surface area contributed by atoms with E-state index in [1.807, 2.05) is 0 Å². The van der Waals surface area contributed by atoms with E-state index in [1.54, 1.807) is 0 Å². The van der Waals surface area contributed by atoms with Crippen LogP contribution in [0.3, 0.4) is 0 Å². The standard InChI is InChI=1S/C5H14BNO2/c1-2-3-4-7-5-6(8)9/h7-9H,2-5H2,1H3. The van der Waals surface area contributed by atoms with Gasteiger partial charge in [0, 0.05) is 6.44 Å². The van der Waals surface area contributed by atoms with Crippen molar-refractivity contribution in [2.75, 3.05) is 13.0 Å². The van der Waals surface area contributed by atoms with E-state index in [0.717, 1.165) is 19.4 Å². The third kappa shape index (κ3) is 7.94. The highest BCUT2D eigenvalue weighted by atomic mass is 16.4. The molecule has 0 saturated carbocycles. The van der Waals surface area contributed by atoms with E-state index in [9.17, 15) is 0 Å². The number of hydrogen-bond acceptors (Lipinski definition) is 3. The van der Waals surface area contributed by atoms with Crippen LogP contribution < -0.4 is 5.32 Å². The van der Waals surface area contributed by atoms with Gasteiger partial charge in [0.2, 0.25) is 0 Å². The summed E-state index contributed by atoms with van der Waals surface area (Å²) in [5.41, 5.74) is 0. The molecule has 0 bridgehead atoms. The van der Waals surface area contributed by atoms with E-state index < -0.39 is 7.12 Å². The van der Waals surface area contributed by atoms with Gasteiger partial charge in [-0.25, -0.2) is 0 Å². The maximum atomic E-state index is 8.34. The molecule has 4 heteroatoms. The molecule has 0 saturated heterocycles. The molecule has 0 unspecified atom stereocenters. The first-order valence-corrected chi connectivity index (χ1v) is 3.34. The zero-order valence-electron chi connectivity index (χ0n) is 5.80. The monoisotopic (exact) mass is 131 g/mol. The Morgan fingerprint density at radius 2 is 2.11 bits per heavy atom. The Bertz CT molecular complexity index is 60.9. The molecule has 9 heavy (non-hydrogen) atoms. The van der Waals surface area contributed by atoms with Crippen LogP contribution in [-0.4, -0.2) is 30.2 Å². The zero-order valence-corrected chi connectivity index (χ0v) is 5.80. The van der Waals surface area contributed by atoms with E-state index in [1.165, 1.54) is 0 Å². The molecule has 0 amide bonds. The molecule has 3 N–H and O–H groups in total. The molecule has 54 valence electrons. The van der Waals surface area contributed by atoms with Gasteiger partial charge in [0.05, 0.1) is 0 Å². The van der Waals surface area contributed by atoms with Gasteiger partial charge in [0.25, 0.3) is 0 Å². The van der Waals surface area contributed by atoms with Crippen LogP contribution in [0.1, 0.15) is 19.8 Å². The van der Waals surface area contributed by atoms with Crippen LogP contribution in [0.5, 0.6) is 0 Å². The summed E-state index contributed by atoms with van der Waals surface area (Å²) in [4.78, 5) is 0. The summed E-state index contributed by atoms with van der Waals surface area (Å²) < 4.78 is 0. The molecule has 0 aliphatic rings. The lowest BCUT2D eigenvalue weighted by Crippen LogP contribution is -2.31. The van der Waals surface area contributed by atoms with Crippen molar-refractivity contribution in [2.24, 2.45) is 0 Å². The quantitative estimate of drug-likeness (QED) is 0.344. The lowest BCUT2D eigenvalue weighted by atomic mass is 9.92. The molecule has 0 aliphatic carbocycles. The largest absolute Gasteiger partial charge is 0.466 e. The third-order valence-corrected chi connectivity index (χ3v) is 1.03. The van der Waals surface area contributed by atoms with Crippen LogP contribution >= 0.6 is 0 Å². The fraction of sp³-hybridized carbons (Fsp3) is 1.00. The first-order valence-electron chi connectivity index (χ1n) is 3.34. The van der Waals surface area contributed by atoms with Crippen LogP contribution in [0.15, 0.2) is 0 Å². The number of hydrogen-bond donors (Lipinski definition) is 3. The second kappa shape index (κ2) is 6.07. The maximum Gasteiger partial charge on any atom is 0.466 e. The van der Waals surface area contributed by atoms with E-state index in [4.69, 9.17) is 10.0 Å². The van der Waals surface area contributed by atoms with Crippen LogP contribution in [0.25, 0.3) is 0 Å². The minimum absolute atomic E-state index is 0.278. The van der Waals surface area contributed by atoms with Gasteiger partial charge in [-0.15, -0.1) is 0 Å². The molecule has 0 fully saturated rings. The Labute approximate surface area is 56.2 Å². The third-order valence-electron chi connectivity index (χ3n) is 1.03. The lowest BCUT2D eigenvalue weighted by Gasteiger charge is -2.00. The fourth-order valence-corrected chi connectivity index (χ4v) is 0.533. The van der Waals surface area contributed by atoms with E-state index in [0.29, 0.717) is 0 Å². The lowest BCUT2D eigenvalue weighted by molar-refractivity contribution is 0.399. The van der Waals surface area contributed by atoms with Gasteiger partial charge in [-0.05, 0) is 13.0 Å². The van der Waals surface area contributed by atoms with Gasteiger partial charge in [-0.2, -0.15) is 0 Å². The molecule has 0 aromatic heterocycles. The molecule has 0 atom stereocenters. The van der Waals surface area contributed by atoms with Crippen LogP contribution in [0.2, 0.25) is 0 Å². The molecule has 0 aromatic carbocycles. The first-order chi connectivity index (χ1) is 4.27. The number of unbranched alkanes of at least 4 members (excludes halogenated alkanes) is 1. The molecule has 0 aliphatic heterocycles. The van der Waals surface area contributed by atoms with Gasteiger partial charge in [-0.1, -0.05) is 13.3 Å². The Balaban J connectivity index is 2.75. The summed E-state index contributed by atoms with van der Waals surface area (Å²) >= 11 is 0. The predicted molar refractivity (Wildman–Crippen MR) is 38.0 cm³/mol. The van der Waals surface area contributed by atoms with E-state index in [2.05, 4.69) is 12.2 Å². The summed E-state index contributed by atoms with van der Waals surface area (Å²) in [6.45, 7) is 2.96. The molecule has 0 rings (SSSR count). The molecule has 0 radical (unpaired) electrons. The van der Waals surface area contributed by atoms with Crippen molar-refractivity contribution in [1.29, 1.82) is 0 Å². The number of rotatable bonds is 5. The van der Waals surface area contributed by atoms with Crippen molar-refractivity contribution >= 4 is 7.12 Å². The minimum Gasteiger partial charge on any atom is -0.426 e. The highest BCUT2D eigenvalue weighted by molar-refractivity contribution is 6.41. The molecule has 0 heterocycles. The summed E-state index contributed by atoms with van der Waals surface area (Å²) in [5, 5.41) is 19.6. The summed E-state index contributed by atoms with van der Waals surface area (Å²) in [6, 6.07) is 0. The highest BCUT2D eigenvalue weighted by Gasteiger charge is 2.02. The molecular formula is C5H14BNO2. The highest BCUT2D eigenvalue weighted by Crippen LogP contribution is 1.81. The van der Waals surface area contributed by atoms with Gasteiger partial charge in [0.1, 0.15) is 0 Å². The van der Waals surface area contributed by atoms with Crippen molar-refractivity contribution in [3.8, 4) is 0 Å². The summed E-state index contributed by atoms with van der Waals surface area (Å²) in [5.74, 6) is 0. The van der Waals surface area contributed by atoms with Gasteiger partial charge < -0.3 is 15.4 Å². The van der Waals surface area contributed by atoms with Crippen molar-refractivity contribution in [3.05, 3.63) is 0 Å². The number of nitrogens with one attached hydrogen (secondary N) is 1. The molecular weight excluding hydrogens is 117 g/mol. The van der Waals surface area contributed by atoms with Crippen molar-refractivity contribution in [2.45, 2.75) is 19.8 Å². The second-order valence-corrected chi connectivity index (χ2v) is 2.04. The SMILES string of the molecule is CCCCNCB(O)O. The van der Waals surface area contributed by atoms with Crippen LogP contribution in [0, 0.1) is 0 Å².